The van der Waals surface area contributed by atoms with Gasteiger partial charge in [0.15, 0.2) is 4.34 Å². The minimum Gasteiger partial charge on any atom is -0.268 e. The van der Waals surface area contributed by atoms with E-state index in [-0.39, 0.29) is 22.6 Å². The summed E-state index contributed by atoms with van der Waals surface area (Å²) in [5.74, 6) is -1.04. The predicted molar refractivity (Wildman–Crippen MR) is 100 cm³/mol. The number of rotatable bonds is 4. The maximum absolute atomic E-state index is 12.8. The molecular weight excluding hydrogens is 388 g/mol. The second-order valence-electron chi connectivity index (χ2n) is 5.48. The predicted octanol–water partition coefficient (Wildman–Crippen LogP) is 3.62. The summed E-state index contributed by atoms with van der Waals surface area (Å²) < 4.78 is 1.46. The molecule has 0 atom stereocenters. The first-order chi connectivity index (χ1) is 13.0. The van der Waals surface area contributed by atoms with Crippen LogP contribution in [0.15, 0.2) is 40.7 Å². The third-order valence-corrected chi connectivity index (χ3v) is 5.99. The van der Waals surface area contributed by atoms with Crippen LogP contribution in [0.3, 0.4) is 0 Å². The molecule has 0 spiro atoms. The van der Waals surface area contributed by atoms with E-state index in [4.69, 9.17) is 5.26 Å². The number of fused-ring (bicyclic) bond motifs is 2. The number of thiazole rings is 1. The van der Waals surface area contributed by atoms with Crippen molar-refractivity contribution in [3.63, 3.8) is 0 Å². The van der Waals surface area contributed by atoms with Crippen LogP contribution in [0.1, 0.15) is 20.7 Å². The number of carbonyl (C=O) groups is 2. The second kappa shape index (κ2) is 6.46. The molecule has 2 aromatic carbocycles. The van der Waals surface area contributed by atoms with E-state index in [1.165, 1.54) is 41.3 Å². The summed E-state index contributed by atoms with van der Waals surface area (Å²) in [6, 6.07) is 10.9. The van der Waals surface area contributed by atoms with Crippen LogP contribution < -0.4 is 4.90 Å². The summed E-state index contributed by atoms with van der Waals surface area (Å²) in [5.41, 5.74) is 0.448. The van der Waals surface area contributed by atoms with Gasteiger partial charge < -0.3 is 0 Å². The molecule has 1 aliphatic rings. The summed E-state index contributed by atoms with van der Waals surface area (Å²) in [7, 11) is 0. The van der Waals surface area contributed by atoms with E-state index in [0.717, 1.165) is 9.60 Å². The SMILES string of the molecule is N#CCSc1nc2ccc(N3C(=O)c4cccc([N+](=O)[O-])c4C3=O)cc2s1. The zero-order chi connectivity index (χ0) is 19.1. The highest BCUT2D eigenvalue weighted by atomic mass is 32.2. The molecule has 0 N–H and O–H groups in total. The molecule has 0 saturated heterocycles. The highest BCUT2D eigenvalue weighted by Crippen LogP contribution is 2.37. The fourth-order valence-corrected chi connectivity index (χ4v) is 4.60. The summed E-state index contributed by atoms with van der Waals surface area (Å²) >= 11 is 2.65. The van der Waals surface area contributed by atoms with Gasteiger partial charge in [-0.1, -0.05) is 17.8 Å². The van der Waals surface area contributed by atoms with Crippen molar-refractivity contribution in [1.29, 1.82) is 5.26 Å². The van der Waals surface area contributed by atoms with E-state index in [9.17, 15) is 19.7 Å². The number of thioether (sulfide) groups is 1. The van der Waals surface area contributed by atoms with Gasteiger partial charge in [0.25, 0.3) is 17.5 Å². The summed E-state index contributed by atoms with van der Waals surface area (Å²) in [6.07, 6.45) is 0. The first kappa shape index (κ1) is 17.1. The molecule has 1 aliphatic heterocycles. The molecular formula is C17H8N4O4S2. The zero-order valence-electron chi connectivity index (χ0n) is 13.4. The number of nitro benzene ring substituents is 1. The molecule has 0 saturated carbocycles. The number of imide groups is 1. The lowest BCUT2D eigenvalue weighted by molar-refractivity contribution is -0.385. The monoisotopic (exact) mass is 396 g/mol. The fraction of sp³-hybridized carbons (Fsp3) is 0.0588. The van der Waals surface area contributed by atoms with E-state index in [1.807, 2.05) is 6.07 Å². The Hall–Kier alpha value is -3.29. The highest BCUT2D eigenvalue weighted by Gasteiger charge is 2.41. The van der Waals surface area contributed by atoms with Crippen LogP contribution in [0.25, 0.3) is 10.2 Å². The Bertz CT molecular complexity index is 1180. The van der Waals surface area contributed by atoms with Crippen LogP contribution in [0, 0.1) is 21.4 Å². The minimum absolute atomic E-state index is 0.0175. The lowest BCUT2D eigenvalue weighted by Gasteiger charge is -2.13. The highest BCUT2D eigenvalue weighted by molar-refractivity contribution is 8.01. The summed E-state index contributed by atoms with van der Waals surface area (Å²) in [5, 5.41) is 19.9. The van der Waals surface area contributed by atoms with E-state index in [2.05, 4.69) is 4.98 Å². The number of carbonyl (C=O) groups excluding carboxylic acids is 2. The maximum Gasteiger partial charge on any atom is 0.283 e. The molecule has 4 rings (SSSR count). The number of aromatic nitrogens is 1. The minimum atomic E-state index is -0.717. The lowest BCUT2D eigenvalue weighted by Crippen LogP contribution is -2.29. The molecule has 132 valence electrons. The Labute approximate surface area is 160 Å². The lowest BCUT2D eigenvalue weighted by atomic mass is 10.1. The fourth-order valence-electron chi connectivity index (χ4n) is 2.84. The quantitative estimate of drug-likeness (QED) is 0.286. The van der Waals surface area contributed by atoms with E-state index in [1.54, 1.807) is 18.2 Å². The Morgan fingerprint density at radius 3 is 2.81 bits per heavy atom. The molecule has 8 nitrogen and oxygen atoms in total. The number of nitrogens with zero attached hydrogens (tertiary/aromatic N) is 4. The van der Waals surface area contributed by atoms with Crippen molar-refractivity contribution in [3.05, 3.63) is 57.6 Å². The van der Waals surface area contributed by atoms with Gasteiger partial charge in [0, 0.05) is 6.07 Å². The molecule has 10 heteroatoms. The van der Waals surface area contributed by atoms with E-state index in [0.29, 0.717) is 15.5 Å². The molecule has 2 amide bonds. The Kier molecular flexibility index (Phi) is 4.10. The van der Waals surface area contributed by atoms with Gasteiger partial charge in [-0.2, -0.15) is 5.26 Å². The van der Waals surface area contributed by atoms with Crippen molar-refractivity contribution in [2.45, 2.75) is 4.34 Å². The normalized spacial score (nSPS) is 13.1. The van der Waals surface area contributed by atoms with Gasteiger partial charge in [-0.25, -0.2) is 9.88 Å². The number of nitriles is 1. The first-order valence-electron chi connectivity index (χ1n) is 7.58. The average molecular weight is 396 g/mol. The van der Waals surface area contributed by atoms with Crippen molar-refractivity contribution in [3.8, 4) is 6.07 Å². The Balaban J connectivity index is 1.77. The first-order valence-corrected chi connectivity index (χ1v) is 9.38. The third-order valence-electron chi connectivity index (χ3n) is 3.96. The van der Waals surface area contributed by atoms with Crippen molar-refractivity contribution in [2.75, 3.05) is 10.7 Å². The molecule has 3 aromatic rings. The van der Waals surface area contributed by atoms with Crippen LogP contribution in [0.2, 0.25) is 0 Å². The van der Waals surface area contributed by atoms with Crippen molar-refractivity contribution >= 4 is 56.5 Å². The smallest absolute Gasteiger partial charge is 0.268 e. The van der Waals surface area contributed by atoms with Gasteiger partial charge in [-0.15, -0.1) is 11.3 Å². The number of hydrogen-bond donors (Lipinski definition) is 0. The Morgan fingerprint density at radius 2 is 2.07 bits per heavy atom. The maximum atomic E-state index is 12.8. The number of amides is 2. The average Bonchev–Trinajstić information content (AvgIpc) is 3.18. The van der Waals surface area contributed by atoms with Crippen LogP contribution in [0.5, 0.6) is 0 Å². The van der Waals surface area contributed by atoms with Gasteiger partial charge in [0.05, 0.1) is 38.2 Å². The Morgan fingerprint density at radius 1 is 1.26 bits per heavy atom. The largest absolute Gasteiger partial charge is 0.283 e. The van der Waals surface area contributed by atoms with Crippen molar-refractivity contribution < 1.29 is 14.5 Å². The van der Waals surface area contributed by atoms with Gasteiger partial charge in [-0.05, 0) is 24.3 Å². The van der Waals surface area contributed by atoms with Gasteiger partial charge in [0.1, 0.15) is 5.56 Å². The number of hydrogen-bond acceptors (Lipinski definition) is 8. The molecule has 1 aromatic heterocycles. The summed E-state index contributed by atoms with van der Waals surface area (Å²) in [6.45, 7) is 0. The molecule has 0 aliphatic carbocycles. The second-order valence-corrected chi connectivity index (χ2v) is 7.73. The number of benzene rings is 2. The molecule has 0 radical (unpaired) electrons. The molecule has 0 fully saturated rings. The van der Waals surface area contributed by atoms with Crippen molar-refractivity contribution in [1.82, 2.24) is 4.98 Å². The third kappa shape index (κ3) is 2.73. The standard InChI is InChI=1S/C17H8N4O4S2/c18-6-7-26-17-19-11-5-4-9(8-13(11)27-17)20-15(22)10-2-1-3-12(21(24)25)14(10)16(20)23/h1-5,8H,7H2. The van der Waals surface area contributed by atoms with Gasteiger partial charge in [-0.3, -0.25) is 19.7 Å². The number of nitro groups is 1. The van der Waals surface area contributed by atoms with Crippen LogP contribution in [-0.2, 0) is 0 Å². The van der Waals surface area contributed by atoms with Crippen LogP contribution in [0.4, 0.5) is 11.4 Å². The number of anilines is 1. The van der Waals surface area contributed by atoms with E-state index < -0.39 is 16.7 Å². The molecule has 27 heavy (non-hydrogen) atoms. The topological polar surface area (TPSA) is 117 Å². The molecule has 0 bridgehead atoms. The van der Waals surface area contributed by atoms with Gasteiger partial charge in [0.2, 0.25) is 0 Å². The molecule has 2 heterocycles. The summed E-state index contributed by atoms with van der Waals surface area (Å²) in [4.78, 5) is 41.3. The zero-order valence-corrected chi connectivity index (χ0v) is 15.0. The molecule has 0 unspecified atom stereocenters. The van der Waals surface area contributed by atoms with Crippen molar-refractivity contribution in [2.24, 2.45) is 0 Å². The van der Waals surface area contributed by atoms with Crippen LogP contribution >= 0.6 is 23.1 Å². The van der Waals surface area contributed by atoms with Crippen LogP contribution in [-0.4, -0.2) is 27.5 Å². The van der Waals surface area contributed by atoms with E-state index >= 15 is 0 Å². The van der Waals surface area contributed by atoms with Gasteiger partial charge >= 0.3 is 0 Å².